The summed E-state index contributed by atoms with van der Waals surface area (Å²) in [6.45, 7) is 0.786. The van der Waals surface area contributed by atoms with Crippen LogP contribution in [0, 0.1) is 0 Å². The number of hydrogen-bond donors (Lipinski definition) is 1. The zero-order valence-corrected chi connectivity index (χ0v) is 13.0. The zero-order chi connectivity index (χ0) is 16.2. The number of nitrogens with one attached hydrogen (secondary N) is 1. The molecule has 0 fully saturated rings. The molecule has 1 aromatic heterocycles. The van der Waals surface area contributed by atoms with E-state index in [4.69, 9.17) is 0 Å². The maximum Gasteiger partial charge on any atom is 0.387 e. The molecule has 0 aliphatic carbocycles. The van der Waals surface area contributed by atoms with Crippen LogP contribution in [-0.4, -0.2) is 17.5 Å². The number of amides is 1. The van der Waals surface area contributed by atoms with Gasteiger partial charge in [-0.2, -0.15) is 8.78 Å². The number of alkyl halides is 2. The fourth-order valence-electron chi connectivity index (χ4n) is 1.96. The summed E-state index contributed by atoms with van der Waals surface area (Å²) in [4.78, 5) is 16.7. The van der Waals surface area contributed by atoms with Gasteiger partial charge in [-0.05, 0) is 25.5 Å². The Bertz CT molecular complexity index is 634. The van der Waals surface area contributed by atoms with E-state index in [0.29, 0.717) is 6.42 Å². The highest BCUT2D eigenvalue weighted by Crippen LogP contribution is 2.28. The summed E-state index contributed by atoms with van der Waals surface area (Å²) in [6, 6.07) is 5.92. The quantitative estimate of drug-likeness (QED) is 0.878. The molecule has 1 unspecified atom stereocenters. The Morgan fingerprint density at radius 2 is 2.18 bits per heavy atom. The van der Waals surface area contributed by atoms with Crippen molar-refractivity contribution in [2.24, 2.45) is 0 Å². The van der Waals surface area contributed by atoms with E-state index in [1.54, 1.807) is 12.3 Å². The molecule has 1 atom stereocenters. The van der Waals surface area contributed by atoms with Crippen LogP contribution in [0.2, 0.25) is 0 Å². The van der Waals surface area contributed by atoms with Crippen molar-refractivity contribution in [1.29, 1.82) is 0 Å². The molecule has 2 aromatic rings. The first kappa shape index (κ1) is 16.4. The van der Waals surface area contributed by atoms with E-state index < -0.39 is 18.1 Å². The maximum atomic E-state index is 12.5. The van der Waals surface area contributed by atoms with Crippen molar-refractivity contribution in [3.63, 3.8) is 0 Å². The Morgan fingerprint density at radius 1 is 1.45 bits per heavy atom. The number of carbonyl (C=O) groups is 1. The zero-order valence-electron chi connectivity index (χ0n) is 12.2. The van der Waals surface area contributed by atoms with Gasteiger partial charge in [0.2, 0.25) is 0 Å². The molecular weight excluding hydrogens is 310 g/mol. The van der Waals surface area contributed by atoms with Gasteiger partial charge < -0.3 is 10.1 Å². The summed E-state index contributed by atoms with van der Waals surface area (Å²) in [6.07, 6.45) is 2.28. The van der Waals surface area contributed by atoms with Crippen molar-refractivity contribution in [3.8, 4) is 5.75 Å². The summed E-state index contributed by atoms with van der Waals surface area (Å²) in [7, 11) is 0. The third-order valence-corrected chi connectivity index (χ3v) is 4.39. The molecule has 1 heterocycles. The second-order valence-corrected chi connectivity index (χ2v) is 5.75. The topological polar surface area (TPSA) is 51.2 Å². The second kappa shape index (κ2) is 6.83. The highest BCUT2D eigenvalue weighted by atomic mass is 32.1. The number of aromatic nitrogens is 1. The summed E-state index contributed by atoms with van der Waals surface area (Å²) in [5.74, 6) is -0.622. The van der Waals surface area contributed by atoms with E-state index in [2.05, 4.69) is 15.0 Å². The smallest absolute Gasteiger partial charge is 0.387 e. The van der Waals surface area contributed by atoms with Crippen molar-refractivity contribution in [2.45, 2.75) is 32.4 Å². The summed E-state index contributed by atoms with van der Waals surface area (Å²) in [5, 5.41) is 5.44. The third-order valence-electron chi connectivity index (χ3n) is 3.35. The molecule has 0 radical (unpaired) electrons. The monoisotopic (exact) mass is 326 g/mol. The van der Waals surface area contributed by atoms with Crippen molar-refractivity contribution in [1.82, 2.24) is 10.3 Å². The van der Waals surface area contributed by atoms with Gasteiger partial charge in [0.1, 0.15) is 10.8 Å². The van der Waals surface area contributed by atoms with Crippen molar-refractivity contribution in [2.75, 3.05) is 0 Å². The van der Waals surface area contributed by atoms with Crippen LogP contribution < -0.4 is 10.1 Å². The van der Waals surface area contributed by atoms with Gasteiger partial charge in [-0.25, -0.2) is 4.98 Å². The number of halogens is 2. The van der Waals surface area contributed by atoms with Crippen molar-refractivity contribution >= 4 is 17.2 Å². The van der Waals surface area contributed by atoms with E-state index in [1.165, 1.54) is 29.5 Å². The standard InChI is InChI=1S/C15H16F2N2O2S/c1-3-15(2,13-18-8-9-22-13)19-12(20)10-6-4-5-7-11(10)21-14(16)17/h4-9,14H,3H2,1-2H3,(H,19,20). The molecular formula is C15H16F2N2O2S. The molecule has 4 nitrogen and oxygen atoms in total. The normalized spacial score (nSPS) is 13.7. The van der Waals surface area contributed by atoms with Crippen LogP contribution in [0.1, 0.15) is 35.6 Å². The highest BCUT2D eigenvalue weighted by molar-refractivity contribution is 7.09. The number of thiazole rings is 1. The van der Waals surface area contributed by atoms with Gasteiger partial charge in [0.05, 0.1) is 11.1 Å². The van der Waals surface area contributed by atoms with Crippen molar-refractivity contribution in [3.05, 3.63) is 46.4 Å². The van der Waals surface area contributed by atoms with Gasteiger partial charge in [0, 0.05) is 11.6 Å². The Morgan fingerprint density at radius 3 is 2.77 bits per heavy atom. The Kier molecular flexibility index (Phi) is 5.07. The maximum absolute atomic E-state index is 12.5. The van der Waals surface area contributed by atoms with Gasteiger partial charge in [-0.3, -0.25) is 4.79 Å². The first-order valence-corrected chi connectivity index (χ1v) is 7.60. The van der Waals surface area contributed by atoms with E-state index >= 15 is 0 Å². The Hall–Kier alpha value is -2.02. The lowest BCUT2D eigenvalue weighted by molar-refractivity contribution is -0.0501. The molecule has 0 saturated carbocycles. The number of hydrogen-bond acceptors (Lipinski definition) is 4. The van der Waals surface area contributed by atoms with Gasteiger partial charge in [-0.1, -0.05) is 19.1 Å². The second-order valence-electron chi connectivity index (χ2n) is 4.85. The molecule has 0 aliphatic heterocycles. The molecule has 1 N–H and O–H groups in total. The van der Waals surface area contributed by atoms with Gasteiger partial charge in [-0.15, -0.1) is 11.3 Å². The predicted molar refractivity (Wildman–Crippen MR) is 80.3 cm³/mol. The van der Waals surface area contributed by atoms with Crippen molar-refractivity contribution < 1.29 is 18.3 Å². The third kappa shape index (κ3) is 3.59. The molecule has 118 valence electrons. The lowest BCUT2D eigenvalue weighted by atomic mass is 9.99. The SMILES string of the molecule is CCC(C)(NC(=O)c1ccccc1OC(F)F)c1nccs1. The minimum absolute atomic E-state index is 0.0685. The minimum Gasteiger partial charge on any atom is -0.434 e. The largest absolute Gasteiger partial charge is 0.434 e. The molecule has 0 bridgehead atoms. The summed E-state index contributed by atoms with van der Waals surface area (Å²) < 4.78 is 29.3. The van der Waals surface area contributed by atoms with E-state index in [9.17, 15) is 13.6 Å². The van der Waals surface area contributed by atoms with Gasteiger partial charge >= 0.3 is 6.61 Å². The van der Waals surface area contributed by atoms with Crippen LogP contribution in [0.4, 0.5) is 8.78 Å². The average Bonchev–Trinajstić information content (AvgIpc) is 3.02. The number of benzene rings is 1. The van der Waals surface area contributed by atoms with Crippen LogP contribution in [0.5, 0.6) is 5.75 Å². The van der Waals surface area contributed by atoms with Crippen LogP contribution in [0.15, 0.2) is 35.8 Å². The fraction of sp³-hybridized carbons (Fsp3) is 0.333. The van der Waals surface area contributed by atoms with E-state index in [0.717, 1.165) is 5.01 Å². The average molecular weight is 326 g/mol. The summed E-state index contributed by atoms with van der Waals surface area (Å²) in [5.41, 5.74) is -0.595. The molecule has 0 aliphatic rings. The van der Waals surface area contributed by atoms with E-state index in [-0.39, 0.29) is 11.3 Å². The molecule has 2 rings (SSSR count). The van der Waals surface area contributed by atoms with Crippen LogP contribution in [-0.2, 0) is 5.54 Å². The molecule has 0 saturated heterocycles. The van der Waals surface area contributed by atoms with Gasteiger partial charge in [0.25, 0.3) is 5.91 Å². The Balaban J connectivity index is 2.25. The number of nitrogens with zero attached hydrogens (tertiary/aromatic N) is 1. The molecule has 22 heavy (non-hydrogen) atoms. The van der Waals surface area contributed by atoms with Crippen LogP contribution >= 0.6 is 11.3 Å². The van der Waals surface area contributed by atoms with Gasteiger partial charge in [0.15, 0.2) is 0 Å². The molecule has 7 heteroatoms. The first-order chi connectivity index (χ1) is 10.5. The number of carbonyl (C=O) groups excluding carboxylic acids is 1. The van der Waals surface area contributed by atoms with Crippen LogP contribution in [0.25, 0.3) is 0 Å². The first-order valence-electron chi connectivity index (χ1n) is 6.72. The predicted octanol–water partition coefficient (Wildman–Crippen LogP) is 3.80. The fourth-order valence-corrected chi connectivity index (χ4v) is 2.79. The molecule has 1 aromatic carbocycles. The number of para-hydroxylation sites is 1. The van der Waals surface area contributed by atoms with Crippen LogP contribution in [0.3, 0.4) is 0 Å². The number of ether oxygens (including phenoxy) is 1. The number of rotatable bonds is 6. The molecule has 0 spiro atoms. The lowest BCUT2D eigenvalue weighted by Gasteiger charge is -2.27. The lowest BCUT2D eigenvalue weighted by Crippen LogP contribution is -2.43. The minimum atomic E-state index is -2.98. The highest BCUT2D eigenvalue weighted by Gasteiger charge is 2.30. The molecule has 1 amide bonds. The van der Waals surface area contributed by atoms with E-state index in [1.807, 2.05) is 19.2 Å². The Labute approximate surface area is 131 Å². The summed E-state index contributed by atoms with van der Waals surface area (Å²) >= 11 is 1.43.